The molecule has 0 amide bonds. The number of esters is 1. The molecule has 0 bridgehead atoms. The van der Waals surface area contributed by atoms with Crippen molar-refractivity contribution < 1.29 is 14.6 Å². The van der Waals surface area contributed by atoms with E-state index in [1.54, 1.807) is 0 Å². The van der Waals surface area contributed by atoms with E-state index in [2.05, 4.69) is 36.1 Å². The van der Waals surface area contributed by atoms with Gasteiger partial charge >= 0.3 is 5.97 Å². The van der Waals surface area contributed by atoms with E-state index in [0.29, 0.717) is 23.0 Å². The number of benzene rings is 3. The molecule has 5 rings (SSSR count). The maximum absolute atomic E-state index is 12.6. The first-order chi connectivity index (χ1) is 18.0. The van der Waals surface area contributed by atoms with Crippen LogP contribution in [0.2, 0.25) is 0 Å². The highest BCUT2D eigenvalue weighted by molar-refractivity contribution is 9.10. The van der Waals surface area contributed by atoms with Crippen LogP contribution in [0.5, 0.6) is 0 Å². The standard InChI is InChI=1S/C27H22BrN5O3S/c1-36-26(35)23(24-29-20-13-7-8-14-21(20)30-24)22(34)16-37-27-32-31-25(18-11-5-6-12-19(18)28)33(27)15-17-9-3-2-4-10-17/h2-14,34H,15-16H2,1H3,(H,29,30)/b23-22+. The van der Waals surface area contributed by atoms with Gasteiger partial charge in [0.2, 0.25) is 0 Å². The summed E-state index contributed by atoms with van der Waals surface area (Å²) < 4.78 is 7.84. The van der Waals surface area contributed by atoms with Crippen LogP contribution in [-0.2, 0) is 16.1 Å². The van der Waals surface area contributed by atoms with Crippen LogP contribution in [0.1, 0.15) is 11.4 Å². The van der Waals surface area contributed by atoms with E-state index in [1.807, 2.05) is 83.4 Å². The number of aromatic nitrogens is 5. The summed E-state index contributed by atoms with van der Waals surface area (Å²) in [6, 6.07) is 25.2. The number of carbonyl (C=O) groups excluding carboxylic acids is 1. The molecule has 0 saturated carbocycles. The SMILES string of the molecule is COC(=O)/C(=C(/O)CSc1nnc(-c2ccccc2Br)n1Cc1ccccc1)c1nc2ccccc2[nH]1. The Morgan fingerprint density at radius 1 is 1.03 bits per heavy atom. The first-order valence-electron chi connectivity index (χ1n) is 11.4. The topological polar surface area (TPSA) is 106 Å². The summed E-state index contributed by atoms with van der Waals surface area (Å²) in [5.41, 5.74) is 3.39. The van der Waals surface area contributed by atoms with Crippen molar-refractivity contribution in [3.05, 3.63) is 100 Å². The minimum Gasteiger partial charge on any atom is -0.510 e. The molecule has 0 spiro atoms. The third-order valence-corrected chi connectivity index (χ3v) is 7.33. The van der Waals surface area contributed by atoms with Gasteiger partial charge in [-0.25, -0.2) is 9.78 Å². The first kappa shape index (κ1) is 24.8. The van der Waals surface area contributed by atoms with Crippen LogP contribution in [0.3, 0.4) is 0 Å². The summed E-state index contributed by atoms with van der Waals surface area (Å²) in [5, 5.41) is 20.5. The number of aliphatic hydroxyl groups excluding tert-OH is 1. The Hall–Kier alpha value is -3.89. The highest BCUT2D eigenvalue weighted by Gasteiger charge is 2.23. The summed E-state index contributed by atoms with van der Waals surface area (Å²) in [7, 11) is 1.27. The fraction of sp³-hybridized carbons (Fsp3) is 0.111. The number of aromatic amines is 1. The van der Waals surface area contributed by atoms with Gasteiger partial charge in [-0.3, -0.25) is 4.57 Å². The van der Waals surface area contributed by atoms with Crippen molar-refractivity contribution in [1.29, 1.82) is 0 Å². The fourth-order valence-electron chi connectivity index (χ4n) is 3.88. The number of halogens is 1. The molecule has 0 radical (unpaired) electrons. The number of carbonyl (C=O) groups is 1. The van der Waals surface area contributed by atoms with E-state index in [1.165, 1.54) is 18.9 Å². The minimum atomic E-state index is -0.684. The Balaban J connectivity index is 1.50. The maximum atomic E-state index is 12.6. The van der Waals surface area contributed by atoms with Gasteiger partial charge in [0.05, 0.1) is 30.4 Å². The smallest absolute Gasteiger partial charge is 0.345 e. The van der Waals surface area contributed by atoms with Crippen LogP contribution in [0.15, 0.2) is 94.3 Å². The van der Waals surface area contributed by atoms with Crippen molar-refractivity contribution in [1.82, 2.24) is 24.7 Å². The zero-order valence-electron chi connectivity index (χ0n) is 19.8. The predicted octanol–water partition coefficient (Wildman–Crippen LogP) is 5.87. The average molecular weight is 576 g/mol. The molecule has 0 unspecified atom stereocenters. The maximum Gasteiger partial charge on any atom is 0.345 e. The number of hydrogen-bond donors (Lipinski definition) is 2. The number of ether oxygens (including phenoxy) is 1. The van der Waals surface area contributed by atoms with Crippen molar-refractivity contribution in [3.63, 3.8) is 0 Å². The van der Waals surface area contributed by atoms with E-state index >= 15 is 0 Å². The molecule has 2 heterocycles. The van der Waals surface area contributed by atoms with Gasteiger partial charge in [0.1, 0.15) is 17.2 Å². The Morgan fingerprint density at radius 2 is 1.76 bits per heavy atom. The zero-order chi connectivity index (χ0) is 25.8. The van der Waals surface area contributed by atoms with Gasteiger partial charge in [0.25, 0.3) is 0 Å². The quantitative estimate of drug-likeness (QED) is 0.103. The van der Waals surface area contributed by atoms with E-state index in [9.17, 15) is 9.90 Å². The van der Waals surface area contributed by atoms with Crippen LogP contribution in [0.25, 0.3) is 28.0 Å². The molecule has 2 aromatic heterocycles. The summed E-state index contributed by atoms with van der Waals surface area (Å²) in [6.45, 7) is 0.532. The van der Waals surface area contributed by atoms with Gasteiger partial charge in [0, 0.05) is 10.0 Å². The first-order valence-corrected chi connectivity index (χ1v) is 13.1. The molecule has 37 heavy (non-hydrogen) atoms. The number of methoxy groups -OCH3 is 1. The molecule has 0 aliphatic heterocycles. The number of rotatable bonds is 8. The number of aliphatic hydroxyl groups is 1. The number of nitrogens with zero attached hydrogens (tertiary/aromatic N) is 4. The summed E-state index contributed by atoms with van der Waals surface area (Å²) in [6.07, 6.45) is 0. The normalized spacial score (nSPS) is 11.9. The predicted molar refractivity (Wildman–Crippen MR) is 147 cm³/mol. The third-order valence-electron chi connectivity index (χ3n) is 5.66. The molecule has 0 fully saturated rings. The summed E-state index contributed by atoms with van der Waals surface area (Å²) in [5.74, 6) is 0.132. The monoisotopic (exact) mass is 575 g/mol. The number of nitrogens with one attached hydrogen (secondary N) is 1. The molecule has 0 saturated heterocycles. The van der Waals surface area contributed by atoms with E-state index < -0.39 is 5.97 Å². The van der Waals surface area contributed by atoms with Crippen molar-refractivity contribution in [2.24, 2.45) is 0 Å². The molecule has 0 aliphatic carbocycles. The van der Waals surface area contributed by atoms with E-state index in [4.69, 9.17) is 4.74 Å². The second-order valence-electron chi connectivity index (χ2n) is 8.06. The van der Waals surface area contributed by atoms with Gasteiger partial charge in [-0.1, -0.05) is 88.4 Å². The van der Waals surface area contributed by atoms with Crippen molar-refractivity contribution in [2.45, 2.75) is 11.7 Å². The van der Waals surface area contributed by atoms with Crippen molar-refractivity contribution in [3.8, 4) is 11.4 Å². The molecule has 10 heteroatoms. The third kappa shape index (κ3) is 5.30. The molecular weight excluding hydrogens is 554 g/mol. The highest BCUT2D eigenvalue weighted by Crippen LogP contribution is 2.31. The van der Waals surface area contributed by atoms with E-state index in [0.717, 1.165) is 21.1 Å². The van der Waals surface area contributed by atoms with Crippen LogP contribution in [-0.4, -0.2) is 48.7 Å². The lowest BCUT2D eigenvalue weighted by Gasteiger charge is -2.12. The zero-order valence-corrected chi connectivity index (χ0v) is 22.2. The Labute approximate surface area is 225 Å². The lowest BCUT2D eigenvalue weighted by Crippen LogP contribution is -2.10. The van der Waals surface area contributed by atoms with Crippen molar-refractivity contribution >= 4 is 50.3 Å². The average Bonchev–Trinajstić information content (AvgIpc) is 3.52. The molecular formula is C27H22BrN5O3S. The number of para-hydroxylation sites is 2. The molecule has 186 valence electrons. The number of hydrogen-bond acceptors (Lipinski definition) is 7. The fourth-order valence-corrected chi connectivity index (χ4v) is 5.15. The lowest BCUT2D eigenvalue weighted by atomic mass is 10.2. The Kier molecular flexibility index (Phi) is 7.38. The summed E-state index contributed by atoms with van der Waals surface area (Å²) in [4.78, 5) is 20.2. The minimum absolute atomic E-state index is 0.0219. The summed E-state index contributed by atoms with van der Waals surface area (Å²) >= 11 is 4.88. The Bertz CT molecular complexity index is 1560. The molecule has 0 atom stereocenters. The second kappa shape index (κ2) is 11.0. The molecule has 5 aromatic rings. The largest absolute Gasteiger partial charge is 0.510 e. The van der Waals surface area contributed by atoms with Gasteiger partial charge in [-0.05, 0) is 23.8 Å². The number of H-pyrrole nitrogens is 1. The van der Waals surface area contributed by atoms with Gasteiger partial charge in [0.15, 0.2) is 11.0 Å². The van der Waals surface area contributed by atoms with Gasteiger partial charge in [-0.15, -0.1) is 10.2 Å². The number of imidazole rings is 1. The number of thioether (sulfide) groups is 1. The van der Waals surface area contributed by atoms with Gasteiger partial charge in [-0.2, -0.15) is 0 Å². The Morgan fingerprint density at radius 3 is 2.51 bits per heavy atom. The number of fused-ring (bicyclic) bond motifs is 1. The highest BCUT2D eigenvalue weighted by atomic mass is 79.9. The molecule has 0 aliphatic rings. The lowest BCUT2D eigenvalue weighted by molar-refractivity contribution is -0.133. The van der Waals surface area contributed by atoms with Gasteiger partial charge < -0.3 is 14.8 Å². The van der Waals surface area contributed by atoms with Crippen LogP contribution in [0, 0.1) is 0 Å². The van der Waals surface area contributed by atoms with E-state index in [-0.39, 0.29) is 22.9 Å². The van der Waals surface area contributed by atoms with Crippen LogP contribution < -0.4 is 0 Å². The second-order valence-corrected chi connectivity index (χ2v) is 9.86. The molecule has 3 aromatic carbocycles. The molecule has 2 N–H and O–H groups in total. The molecule has 8 nitrogen and oxygen atoms in total. The van der Waals surface area contributed by atoms with Crippen LogP contribution >= 0.6 is 27.7 Å². The van der Waals surface area contributed by atoms with Crippen LogP contribution in [0.4, 0.5) is 0 Å². The van der Waals surface area contributed by atoms with Crippen molar-refractivity contribution in [2.75, 3.05) is 12.9 Å².